The summed E-state index contributed by atoms with van der Waals surface area (Å²) < 4.78 is 0. The topological polar surface area (TPSA) is 188 Å². The maximum absolute atomic E-state index is 13.8. The molecule has 8 N–H and O–H groups in total. The van der Waals surface area contributed by atoms with E-state index in [4.69, 9.17) is 21.4 Å². The van der Waals surface area contributed by atoms with Crippen LogP contribution in [0.4, 0.5) is 0 Å². The molecular formula is C46H67N9O3. The molecule has 0 radical (unpaired) electrons. The van der Waals surface area contributed by atoms with Gasteiger partial charge in [0.1, 0.15) is 12.1 Å². The Kier molecular flexibility index (Phi) is 15.1. The molecule has 3 amide bonds. The lowest BCUT2D eigenvalue weighted by molar-refractivity contribution is -0.136. The lowest BCUT2D eigenvalue weighted by Crippen LogP contribution is -2.53. The molecule has 0 spiro atoms. The molecule has 8 bridgehead atoms. The molecule has 2 aliphatic heterocycles. The van der Waals surface area contributed by atoms with Gasteiger partial charge in [0.15, 0.2) is 0 Å². The van der Waals surface area contributed by atoms with Gasteiger partial charge in [-0.15, -0.1) is 0 Å². The second-order valence-electron chi connectivity index (χ2n) is 16.4. The second kappa shape index (κ2) is 19.8. The number of nitrogens with zero attached hydrogens (tertiary/aromatic N) is 3. The lowest BCUT2D eigenvalue weighted by Gasteiger charge is -2.25. The van der Waals surface area contributed by atoms with Crippen molar-refractivity contribution in [3.05, 3.63) is 69.3 Å². The van der Waals surface area contributed by atoms with Crippen LogP contribution in [0.25, 0.3) is 33.2 Å². The molecule has 2 aliphatic rings. The summed E-state index contributed by atoms with van der Waals surface area (Å²) >= 11 is 0. The number of allylic oxidation sites excluding steroid dienone is 2. The van der Waals surface area contributed by atoms with Crippen LogP contribution in [0.2, 0.25) is 0 Å². The Morgan fingerprint density at radius 1 is 0.776 bits per heavy atom. The first-order chi connectivity index (χ1) is 27.7. The quantitative estimate of drug-likeness (QED) is 0.0785. The fraction of sp³-hybridized carbons (Fsp3) is 0.543. The zero-order valence-electron chi connectivity index (χ0n) is 36.3. The van der Waals surface area contributed by atoms with E-state index in [2.05, 4.69) is 93.3 Å². The van der Waals surface area contributed by atoms with E-state index in [1.54, 1.807) is 14.1 Å². The number of likely N-dealkylation sites (N-methyl/N-ethyl adjacent to an activating group) is 1. The van der Waals surface area contributed by atoms with Gasteiger partial charge in [-0.1, -0.05) is 20.8 Å². The van der Waals surface area contributed by atoms with E-state index >= 15 is 0 Å². The number of rotatable bonds is 17. The molecule has 0 saturated carbocycles. The Balaban J connectivity index is 1.50. The number of aromatic amines is 2. The van der Waals surface area contributed by atoms with Crippen LogP contribution in [0.3, 0.4) is 0 Å². The molecule has 0 aliphatic carbocycles. The normalized spacial score (nSPS) is 16.3. The molecule has 0 fully saturated rings. The molecule has 0 aromatic carbocycles. The highest BCUT2D eigenvalue weighted by atomic mass is 16.2. The third-order valence-electron chi connectivity index (χ3n) is 12.2. The number of fused-ring (bicyclic) bond motifs is 8. The van der Waals surface area contributed by atoms with E-state index in [0.717, 1.165) is 81.7 Å². The Labute approximate surface area is 344 Å². The fourth-order valence-corrected chi connectivity index (χ4v) is 8.55. The molecule has 314 valence electrons. The smallest absolute Gasteiger partial charge is 0.244 e. The molecular weight excluding hydrogens is 727 g/mol. The number of H-pyrrole nitrogens is 2. The van der Waals surface area contributed by atoms with E-state index in [1.807, 2.05) is 0 Å². The number of aryl methyl sites for hydroxylation is 4. The molecule has 3 aromatic heterocycles. The average molecular weight is 794 g/mol. The summed E-state index contributed by atoms with van der Waals surface area (Å²) in [6, 6.07) is 7.23. The SMILES string of the molecule is CCC1=C(C)c2cc3[nH]c(cc4nc(c(C)c5cc(C)c(cc1n2)[nH]5)[C@@H](CCC(=O)N[C@@H](CCCCN)C(=O)NC(CCCCN)C(=O)N(C)C)[C@@H]4C)c(C)c3CC. The minimum atomic E-state index is -0.789. The van der Waals surface area contributed by atoms with E-state index in [1.165, 1.54) is 27.2 Å². The van der Waals surface area contributed by atoms with E-state index in [9.17, 15) is 14.4 Å². The van der Waals surface area contributed by atoms with Crippen LogP contribution >= 0.6 is 0 Å². The molecule has 5 heterocycles. The van der Waals surface area contributed by atoms with Crippen molar-refractivity contribution in [1.29, 1.82) is 0 Å². The highest BCUT2D eigenvalue weighted by molar-refractivity contribution is 5.93. The first-order valence-corrected chi connectivity index (χ1v) is 21.3. The lowest BCUT2D eigenvalue weighted by atomic mass is 9.86. The van der Waals surface area contributed by atoms with Crippen LogP contribution in [0, 0.1) is 20.8 Å². The number of carbonyl (C=O) groups excluding carboxylic acids is 3. The molecule has 3 aromatic rings. The number of aromatic nitrogens is 4. The maximum Gasteiger partial charge on any atom is 0.244 e. The summed E-state index contributed by atoms with van der Waals surface area (Å²) in [5.41, 5.74) is 26.5. The summed E-state index contributed by atoms with van der Waals surface area (Å²) in [5, 5.41) is 5.98. The van der Waals surface area contributed by atoms with Crippen LogP contribution in [0.15, 0.2) is 24.3 Å². The highest BCUT2D eigenvalue weighted by Gasteiger charge is 2.32. The van der Waals surface area contributed by atoms with Gasteiger partial charge in [0.25, 0.3) is 0 Å². The zero-order chi connectivity index (χ0) is 42.3. The molecule has 5 rings (SSSR count). The van der Waals surface area contributed by atoms with Gasteiger partial charge < -0.3 is 37.0 Å². The van der Waals surface area contributed by atoms with Crippen molar-refractivity contribution in [2.24, 2.45) is 11.5 Å². The minimum absolute atomic E-state index is 0.0268. The minimum Gasteiger partial charge on any atom is -0.355 e. The first kappa shape index (κ1) is 44.3. The summed E-state index contributed by atoms with van der Waals surface area (Å²) in [7, 11) is 3.35. The molecule has 1 unspecified atom stereocenters. The third kappa shape index (κ3) is 9.89. The Hall–Kier alpha value is -4.81. The Morgan fingerprint density at radius 3 is 2.05 bits per heavy atom. The van der Waals surface area contributed by atoms with Crippen LogP contribution in [0.1, 0.15) is 142 Å². The number of nitrogens with one attached hydrogen (secondary N) is 4. The van der Waals surface area contributed by atoms with Gasteiger partial charge in [-0.25, -0.2) is 4.98 Å². The van der Waals surface area contributed by atoms with Gasteiger partial charge in [0.05, 0.1) is 11.4 Å². The maximum atomic E-state index is 13.8. The summed E-state index contributed by atoms with van der Waals surface area (Å²) in [4.78, 5) is 60.0. The standard InChI is InChI=1S/C46H67N9O3/c1-10-31-28(5)39-25-42-32(11-2)27(4)38(50-42)24-40-29(6)33(44(53-40)30(7)37-22-26(3)36(49-37)23-41(31)51-39)18-19-43(56)52-34(16-12-14-20-47)45(57)54-35(17-13-15-21-48)46(58)55(8)9/h22-25,29,33-35,49-50H,10-21,47-48H2,1-9H3,(H,52,56)(H,54,57)/t29-,33-,34-,35?/m0/s1. The number of hydrogen-bond donors (Lipinski definition) is 6. The van der Waals surface area contributed by atoms with E-state index < -0.39 is 12.1 Å². The van der Waals surface area contributed by atoms with Gasteiger partial charge in [0, 0.05) is 65.8 Å². The van der Waals surface area contributed by atoms with Crippen LogP contribution in [0.5, 0.6) is 0 Å². The van der Waals surface area contributed by atoms with Crippen LogP contribution in [-0.2, 0) is 20.8 Å². The van der Waals surface area contributed by atoms with Crippen molar-refractivity contribution >= 4 is 50.9 Å². The van der Waals surface area contributed by atoms with Gasteiger partial charge in [0.2, 0.25) is 17.7 Å². The van der Waals surface area contributed by atoms with Gasteiger partial charge in [-0.05, 0) is 156 Å². The van der Waals surface area contributed by atoms with Crippen molar-refractivity contribution in [1.82, 2.24) is 35.5 Å². The van der Waals surface area contributed by atoms with E-state index in [-0.39, 0.29) is 36.0 Å². The van der Waals surface area contributed by atoms with Crippen LogP contribution in [-0.4, -0.2) is 81.8 Å². The molecule has 4 atom stereocenters. The Morgan fingerprint density at radius 2 is 1.41 bits per heavy atom. The van der Waals surface area contributed by atoms with Gasteiger partial charge in [-0.2, -0.15) is 0 Å². The number of nitrogens with two attached hydrogens (primary N) is 2. The number of hydrogen-bond acceptors (Lipinski definition) is 7. The molecule has 12 nitrogen and oxygen atoms in total. The van der Waals surface area contributed by atoms with E-state index in [0.29, 0.717) is 45.2 Å². The fourth-order valence-electron chi connectivity index (χ4n) is 8.55. The first-order valence-electron chi connectivity index (χ1n) is 21.3. The number of unbranched alkanes of at least 4 members (excludes halogenated alkanes) is 2. The molecule has 0 saturated heterocycles. The average Bonchev–Trinajstić information content (AvgIpc) is 3.90. The monoisotopic (exact) mass is 794 g/mol. The van der Waals surface area contributed by atoms with Gasteiger partial charge in [-0.3, -0.25) is 19.4 Å². The van der Waals surface area contributed by atoms with Crippen molar-refractivity contribution in [3.63, 3.8) is 0 Å². The van der Waals surface area contributed by atoms with Crippen LogP contribution < -0.4 is 22.1 Å². The predicted molar refractivity (Wildman–Crippen MR) is 236 cm³/mol. The third-order valence-corrected chi connectivity index (χ3v) is 12.2. The summed E-state index contributed by atoms with van der Waals surface area (Å²) in [6.07, 6.45) is 6.26. The largest absolute Gasteiger partial charge is 0.355 e. The van der Waals surface area contributed by atoms with Crippen molar-refractivity contribution < 1.29 is 14.4 Å². The highest BCUT2D eigenvalue weighted by Crippen LogP contribution is 2.42. The Bertz CT molecular complexity index is 2180. The number of carbonyl (C=O) groups is 3. The predicted octanol–water partition coefficient (Wildman–Crippen LogP) is 7.13. The number of amides is 3. The van der Waals surface area contributed by atoms with Crippen molar-refractivity contribution in [2.45, 2.75) is 137 Å². The summed E-state index contributed by atoms with van der Waals surface area (Å²) in [6.45, 7) is 16.1. The summed E-state index contributed by atoms with van der Waals surface area (Å²) in [5.74, 6) is -0.772. The van der Waals surface area contributed by atoms with Gasteiger partial charge >= 0.3 is 0 Å². The zero-order valence-corrected chi connectivity index (χ0v) is 36.3. The van der Waals surface area contributed by atoms with Crippen molar-refractivity contribution in [3.8, 4) is 0 Å². The van der Waals surface area contributed by atoms with Crippen molar-refractivity contribution in [2.75, 3.05) is 27.2 Å². The second-order valence-corrected chi connectivity index (χ2v) is 16.4. The molecule has 58 heavy (non-hydrogen) atoms. The molecule has 12 heteroatoms.